The van der Waals surface area contributed by atoms with Crippen LogP contribution in [0.25, 0.3) is 0 Å². The van der Waals surface area contributed by atoms with Crippen molar-refractivity contribution in [2.24, 2.45) is 11.7 Å². The molecule has 0 amide bonds. The third-order valence-corrected chi connectivity index (χ3v) is 2.91. The van der Waals surface area contributed by atoms with Crippen molar-refractivity contribution in [3.63, 3.8) is 0 Å². The van der Waals surface area contributed by atoms with Gasteiger partial charge in [0.15, 0.2) is 0 Å². The van der Waals surface area contributed by atoms with Crippen molar-refractivity contribution in [3.05, 3.63) is 0 Å². The number of nitrogens with two attached hydrogens (primary N) is 1. The average Bonchev–Trinajstić information content (AvgIpc) is 2.26. The Morgan fingerprint density at radius 2 is 1.65 bits per heavy atom. The normalized spacial score (nSPS) is 14.2. The van der Waals surface area contributed by atoms with Crippen LogP contribution in [-0.4, -0.2) is 34.1 Å². The van der Waals surface area contributed by atoms with Crippen molar-refractivity contribution < 1.29 is 19.8 Å². The Balaban J connectivity index is 3.91. The molecule has 0 fully saturated rings. The van der Waals surface area contributed by atoms with Gasteiger partial charge in [0.25, 0.3) is 0 Å². The number of halogens is 1. The van der Waals surface area contributed by atoms with Gasteiger partial charge < -0.3 is 15.9 Å². The molecule has 0 spiro atoms. The molecule has 0 radical (unpaired) electrons. The lowest BCUT2D eigenvalue weighted by molar-refractivity contribution is -0.143. The Morgan fingerprint density at radius 3 is 2.12 bits per heavy atom. The fraction of sp³-hybridized carbons (Fsp3) is 0.818. The number of carboxylic acid groups (broad SMARTS) is 2. The van der Waals surface area contributed by atoms with Crippen LogP contribution in [-0.2, 0) is 9.59 Å². The molecule has 0 saturated carbocycles. The lowest BCUT2D eigenvalue weighted by Crippen LogP contribution is -2.34. The van der Waals surface area contributed by atoms with Crippen LogP contribution in [0.4, 0.5) is 0 Å². The van der Waals surface area contributed by atoms with E-state index in [0.717, 1.165) is 25.7 Å². The molecule has 17 heavy (non-hydrogen) atoms. The van der Waals surface area contributed by atoms with Gasteiger partial charge in [-0.3, -0.25) is 9.59 Å². The molecule has 0 saturated heterocycles. The first-order chi connectivity index (χ1) is 7.99. The molecule has 0 bridgehead atoms. The minimum Gasteiger partial charge on any atom is -0.481 e. The number of unbranched alkanes of at least 4 members (excludes halogenated alkanes) is 3. The first-order valence-electron chi connectivity index (χ1n) is 5.76. The van der Waals surface area contributed by atoms with Crippen molar-refractivity contribution in [2.45, 2.75) is 44.6 Å². The van der Waals surface area contributed by atoms with Gasteiger partial charge in [-0.15, -0.1) is 11.6 Å². The first-order valence-corrected chi connectivity index (χ1v) is 6.29. The van der Waals surface area contributed by atoms with Crippen LogP contribution in [0.2, 0.25) is 0 Å². The van der Waals surface area contributed by atoms with Crippen molar-refractivity contribution in [1.29, 1.82) is 0 Å². The third kappa shape index (κ3) is 7.99. The van der Waals surface area contributed by atoms with Crippen molar-refractivity contribution in [1.82, 2.24) is 0 Å². The molecule has 6 heteroatoms. The van der Waals surface area contributed by atoms with Gasteiger partial charge in [0, 0.05) is 5.88 Å². The summed E-state index contributed by atoms with van der Waals surface area (Å²) < 4.78 is 0. The Bertz CT molecular complexity index is 248. The molecule has 0 aromatic rings. The van der Waals surface area contributed by atoms with Gasteiger partial charge in [0.1, 0.15) is 6.04 Å². The van der Waals surface area contributed by atoms with E-state index in [2.05, 4.69) is 0 Å². The minimum atomic E-state index is -1.15. The highest BCUT2D eigenvalue weighted by Gasteiger charge is 2.23. The zero-order valence-electron chi connectivity index (χ0n) is 9.77. The van der Waals surface area contributed by atoms with E-state index in [0.29, 0.717) is 12.3 Å². The molecule has 1 unspecified atom stereocenters. The first kappa shape index (κ1) is 16.2. The number of aliphatic carboxylic acids is 2. The number of hydrogen-bond donors (Lipinski definition) is 3. The average molecular weight is 266 g/mol. The maximum Gasteiger partial charge on any atom is 0.320 e. The van der Waals surface area contributed by atoms with E-state index >= 15 is 0 Å². The molecule has 5 nitrogen and oxygen atoms in total. The van der Waals surface area contributed by atoms with E-state index in [1.54, 1.807) is 0 Å². The van der Waals surface area contributed by atoms with Gasteiger partial charge in [-0.1, -0.05) is 19.3 Å². The second kappa shape index (κ2) is 9.24. The van der Waals surface area contributed by atoms with Crippen molar-refractivity contribution in [3.8, 4) is 0 Å². The van der Waals surface area contributed by atoms with Gasteiger partial charge in [-0.2, -0.15) is 0 Å². The number of alkyl halides is 1. The molecule has 0 aliphatic heterocycles. The van der Waals surface area contributed by atoms with E-state index in [1.165, 1.54) is 0 Å². The largest absolute Gasteiger partial charge is 0.481 e. The fourth-order valence-corrected chi connectivity index (χ4v) is 1.78. The van der Waals surface area contributed by atoms with Crippen LogP contribution >= 0.6 is 11.6 Å². The van der Waals surface area contributed by atoms with E-state index in [-0.39, 0.29) is 6.42 Å². The zero-order valence-corrected chi connectivity index (χ0v) is 10.5. The lowest BCUT2D eigenvalue weighted by Gasteiger charge is -2.14. The second-order valence-electron chi connectivity index (χ2n) is 4.11. The molecular weight excluding hydrogens is 246 g/mol. The van der Waals surface area contributed by atoms with Crippen LogP contribution in [0.3, 0.4) is 0 Å². The number of carboxylic acids is 2. The molecule has 0 aromatic carbocycles. The monoisotopic (exact) mass is 265 g/mol. The molecule has 2 atom stereocenters. The van der Waals surface area contributed by atoms with Gasteiger partial charge in [0.05, 0.1) is 5.92 Å². The summed E-state index contributed by atoms with van der Waals surface area (Å²) in [6.45, 7) is 0. The summed E-state index contributed by atoms with van der Waals surface area (Å²) in [7, 11) is 0. The van der Waals surface area contributed by atoms with Gasteiger partial charge in [-0.25, -0.2) is 0 Å². The maximum absolute atomic E-state index is 10.9. The van der Waals surface area contributed by atoms with Crippen LogP contribution in [0.1, 0.15) is 38.5 Å². The smallest absolute Gasteiger partial charge is 0.320 e. The zero-order chi connectivity index (χ0) is 13.3. The number of rotatable bonds is 10. The predicted octanol–water partition coefficient (Wildman–Crippen LogP) is 1.68. The summed E-state index contributed by atoms with van der Waals surface area (Å²) in [5.74, 6) is -2.18. The highest BCUT2D eigenvalue weighted by molar-refractivity contribution is 6.17. The molecule has 0 aliphatic rings. The van der Waals surface area contributed by atoms with Crippen LogP contribution < -0.4 is 5.73 Å². The number of carbonyl (C=O) groups is 2. The fourth-order valence-electron chi connectivity index (χ4n) is 1.59. The van der Waals surface area contributed by atoms with Gasteiger partial charge >= 0.3 is 11.9 Å². The van der Waals surface area contributed by atoms with E-state index in [4.69, 9.17) is 27.5 Å². The molecule has 0 aliphatic carbocycles. The molecule has 100 valence electrons. The topological polar surface area (TPSA) is 101 Å². The molecule has 0 aromatic heterocycles. The van der Waals surface area contributed by atoms with Crippen molar-refractivity contribution in [2.75, 3.05) is 5.88 Å². The quantitative estimate of drug-likeness (QED) is 0.412. The summed E-state index contributed by atoms with van der Waals surface area (Å²) in [5.41, 5.74) is 5.33. The van der Waals surface area contributed by atoms with Gasteiger partial charge in [-0.05, 0) is 19.3 Å². The molecule has 4 N–H and O–H groups in total. The molecule has 0 heterocycles. The summed E-state index contributed by atoms with van der Waals surface area (Å²) in [6, 6.07) is -1.10. The summed E-state index contributed by atoms with van der Waals surface area (Å²) in [5, 5.41) is 17.6. The molecule has 0 rings (SSSR count). The van der Waals surface area contributed by atoms with E-state index in [1.807, 2.05) is 0 Å². The summed E-state index contributed by atoms with van der Waals surface area (Å²) in [6.07, 6.45) is 4.03. The Kier molecular flexibility index (Phi) is 8.80. The standard InChI is InChI=1S/C11H20ClNO4/c12-6-4-2-1-3-5-8(10(14)15)7-9(13)11(16)17/h8-9H,1-7,13H2,(H,14,15)(H,16,17)/t8?,9-/m1/s1. The molecular formula is C11H20ClNO4. The SMILES string of the molecule is N[C@H](CC(CCCCCCCl)C(=O)O)C(=O)O. The van der Waals surface area contributed by atoms with Crippen LogP contribution in [0.5, 0.6) is 0 Å². The highest BCUT2D eigenvalue weighted by Crippen LogP contribution is 2.16. The van der Waals surface area contributed by atoms with Gasteiger partial charge in [0.2, 0.25) is 0 Å². The van der Waals surface area contributed by atoms with Crippen molar-refractivity contribution >= 4 is 23.5 Å². The Labute approximate surface area is 106 Å². The minimum absolute atomic E-state index is 0.0137. The number of hydrogen-bond acceptors (Lipinski definition) is 3. The van der Waals surface area contributed by atoms with Crippen LogP contribution in [0, 0.1) is 5.92 Å². The predicted molar refractivity (Wildman–Crippen MR) is 65.2 cm³/mol. The van der Waals surface area contributed by atoms with E-state index in [9.17, 15) is 9.59 Å². The Hall–Kier alpha value is -0.810. The summed E-state index contributed by atoms with van der Waals surface area (Å²) >= 11 is 5.52. The lowest BCUT2D eigenvalue weighted by atomic mass is 9.94. The third-order valence-electron chi connectivity index (χ3n) is 2.64. The van der Waals surface area contributed by atoms with E-state index < -0.39 is 23.9 Å². The van der Waals surface area contributed by atoms with Crippen LogP contribution in [0.15, 0.2) is 0 Å². The summed E-state index contributed by atoms with van der Waals surface area (Å²) in [4.78, 5) is 21.4. The maximum atomic E-state index is 10.9. The Morgan fingerprint density at radius 1 is 1.06 bits per heavy atom. The highest BCUT2D eigenvalue weighted by atomic mass is 35.5. The second-order valence-corrected chi connectivity index (χ2v) is 4.49.